The van der Waals surface area contributed by atoms with Crippen molar-refractivity contribution in [3.8, 4) is 0 Å². The summed E-state index contributed by atoms with van der Waals surface area (Å²) < 4.78 is 0. The molecule has 0 saturated carbocycles. The Labute approximate surface area is 245 Å². The van der Waals surface area contributed by atoms with Crippen LogP contribution in [0.4, 0.5) is 21.9 Å². The van der Waals surface area contributed by atoms with Crippen LogP contribution < -0.4 is 15.5 Å². The minimum absolute atomic E-state index is 0.120. The summed E-state index contributed by atoms with van der Waals surface area (Å²) >= 11 is 5.89. The van der Waals surface area contributed by atoms with Gasteiger partial charge in [-0.25, -0.2) is 9.79 Å². The monoisotopic (exact) mass is 581 g/mol. The number of benzene rings is 4. The van der Waals surface area contributed by atoms with Gasteiger partial charge in [-0.1, -0.05) is 84.4 Å². The van der Waals surface area contributed by atoms with E-state index in [0.717, 1.165) is 11.6 Å². The van der Waals surface area contributed by atoms with E-state index in [9.17, 15) is 24.5 Å². The molecular formula is C31H24ClN5O5. The number of halogens is 1. The van der Waals surface area contributed by atoms with Crippen LogP contribution in [0.25, 0.3) is 0 Å². The zero-order valence-electron chi connectivity index (χ0n) is 22.3. The van der Waals surface area contributed by atoms with E-state index < -0.39 is 28.7 Å². The Hall–Kier alpha value is -5.35. The molecule has 0 radical (unpaired) electrons. The second-order valence-corrected chi connectivity index (χ2v) is 9.88. The number of Topliss-reactive ketones (excluding diaryl/α,β-unsaturated/α-hetero) is 1. The average Bonchev–Trinajstić information content (AvgIpc) is 3.09. The first-order valence-corrected chi connectivity index (χ1v) is 13.2. The van der Waals surface area contributed by atoms with Crippen molar-refractivity contribution >= 4 is 52.1 Å². The molecule has 0 aromatic heterocycles. The molecule has 5 rings (SSSR count). The van der Waals surface area contributed by atoms with Crippen molar-refractivity contribution in [1.82, 2.24) is 5.32 Å². The van der Waals surface area contributed by atoms with Gasteiger partial charge in [-0.3, -0.25) is 19.7 Å². The molecule has 1 aliphatic heterocycles. The van der Waals surface area contributed by atoms with Crippen molar-refractivity contribution in [1.29, 1.82) is 0 Å². The summed E-state index contributed by atoms with van der Waals surface area (Å²) in [4.78, 5) is 57.4. The Morgan fingerprint density at radius 1 is 0.976 bits per heavy atom. The van der Waals surface area contributed by atoms with Gasteiger partial charge < -0.3 is 15.5 Å². The van der Waals surface area contributed by atoms with E-state index in [2.05, 4.69) is 15.6 Å². The van der Waals surface area contributed by atoms with Crippen molar-refractivity contribution in [2.24, 2.45) is 4.99 Å². The van der Waals surface area contributed by atoms with Gasteiger partial charge in [0.05, 0.1) is 22.9 Å². The summed E-state index contributed by atoms with van der Waals surface area (Å²) in [6.45, 7) is 1.51. The number of para-hydroxylation sites is 1. The van der Waals surface area contributed by atoms with Crippen LogP contribution in [0.5, 0.6) is 0 Å². The first-order valence-electron chi connectivity index (χ1n) is 12.9. The van der Waals surface area contributed by atoms with Crippen LogP contribution in [0.15, 0.2) is 102 Å². The lowest BCUT2D eigenvalue weighted by Gasteiger charge is -2.25. The fourth-order valence-corrected chi connectivity index (χ4v) is 4.84. The van der Waals surface area contributed by atoms with E-state index in [4.69, 9.17) is 11.6 Å². The highest BCUT2D eigenvalue weighted by molar-refractivity contribution is 6.31. The molecule has 2 N–H and O–H groups in total. The molecule has 0 fully saturated rings. The Kier molecular flexibility index (Phi) is 8.07. The fourth-order valence-electron chi connectivity index (χ4n) is 4.67. The van der Waals surface area contributed by atoms with E-state index in [1.807, 2.05) is 49.4 Å². The minimum Gasteiger partial charge on any atom is -0.308 e. The smallest absolute Gasteiger partial charge is 0.308 e. The van der Waals surface area contributed by atoms with Gasteiger partial charge in [-0.15, -0.1) is 0 Å². The van der Waals surface area contributed by atoms with E-state index in [-0.39, 0.29) is 23.0 Å². The van der Waals surface area contributed by atoms with Gasteiger partial charge in [0.25, 0.3) is 11.6 Å². The molecule has 0 spiro atoms. The number of benzodiazepines with no additional fused rings is 1. The van der Waals surface area contributed by atoms with Crippen molar-refractivity contribution < 1.29 is 19.3 Å². The number of hydrogen-bond acceptors (Lipinski definition) is 6. The number of carbonyl (C=O) groups is 3. The number of nitro groups is 1. The third-order valence-electron chi connectivity index (χ3n) is 6.68. The molecule has 1 heterocycles. The molecule has 0 saturated heterocycles. The topological polar surface area (TPSA) is 134 Å². The van der Waals surface area contributed by atoms with Gasteiger partial charge in [0.2, 0.25) is 6.17 Å². The summed E-state index contributed by atoms with van der Waals surface area (Å²) in [5.74, 6) is -0.949. The highest BCUT2D eigenvalue weighted by atomic mass is 35.5. The molecule has 1 atom stereocenters. The number of amides is 3. The summed E-state index contributed by atoms with van der Waals surface area (Å²) in [5.41, 5.74) is 2.84. The molecule has 4 aromatic rings. The number of rotatable bonds is 7. The van der Waals surface area contributed by atoms with Gasteiger partial charge in [0.1, 0.15) is 5.69 Å². The Bertz CT molecular complexity index is 1740. The number of nitrogens with zero attached hydrogens (tertiary/aromatic N) is 3. The lowest BCUT2D eigenvalue weighted by molar-refractivity contribution is -0.383. The van der Waals surface area contributed by atoms with Crippen LogP contribution in [-0.2, 0) is 4.79 Å². The number of nitro benzene ring substituents is 1. The zero-order valence-corrected chi connectivity index (χ0v) is 23.0. The molecule has 11 heteroatoms. The SMILES string of the molecule is Cc1ccccc1C(=O)CN1C(=O)[C@@H](NC(=O)Nc2ccc(Cl)cc2[N+](=O)[O-])N=C(c2ccccc2)c2ccccc21. The molecule has 4 aromatic carbocycles. The van der Waals surface area contributed by atoms with E-state index in [0.29, 0.717) is 28.1 Å². The minimum atomic E-state index is -1.47. The van der Waals surface area contributed by atoms with Gasteiger partial charge in [-0.2, -0.15) is 0 Å². The third-order valence-corrected chi connectivity index (χ3v) is 6.91. The normalized spacial score (nSPS) is 14.3. The largest absolute Gasteiger partial charge is 0.321 e. The standard InChI is InChI=1S/C31H24ClN5O5/c1-19-9-5-6-12-22(19)27(38)18-36-25-14-8-7-13-23(25)28(20-10-3-2-4-11-20)34-29(30(36)39)35-31(40)33-24-16-15-21(32)17-26(24)37(41)42/h2-17,29H,18H2,1H3,(H2,33,35,40)/t29-/m1/s1. The molecule has 3 amide bonds. The van der Waals surface area contributed by atoms with E-state index >= 15 is 0 Å². The number of carbonyl (C=O) groups excluding carboxylic acids is 3. The number of anilines is 2. The molecule has 210 valence electrons. The summed E-state index contributed by atoms with van der Waals surface area (Å²) in [7, 11) is 0. The van der Waals surface area contributed by atoms with Crippen molar-refractivity contribution in [3.05, 3.63) is 134 Å². The number of nitrogens with one attached hydrogen (secondary N) is 2. The Morgan fingerprint density at radius 2 is 1.67 bits per heavy atom. The van der Waals surface area contributed by atoms with Crippen LogP contribution in [-0.4, -0.2) is 41.1 Å². The highest BCUT2D eigenvalue weighted by Crippen LogP contribution is 2.30. The van der Waals surface area contributed by atoms with Crippen LogP contribution in [0.2, 0.25) is 5.02 Å². The quantitative estimate of drug-likeness (QED) is 0.162. The Balaban J connectivity index is 1.54. The number of urea groups is 1. The molecule has 0 aliphatic carbocycles. The predicted molar refractivity (Wildman–Crippen MR) is 160 cm³/mol. The number of ketones is 1. The van der Waals surface area contributed by atoms with Gasteiger partial charge in [0, 0.05) is 27.8 Å². The second-order valence-electron chi connectivity index (χ2n) is 9.44. The molecule has 0 unspecified atom stereocenters. The summed E-state index contributed by atoms with van der Waals surface area (Å²) in [6, 6.07) is 26.1. The number of aliphatic imine (C=N–C) groups is 1. The average molecular weight is 582 g/mol. The highest BCUT2D eigenvalue weighted by Gasteiger charge is 2.34. The second kappa shape index (κ2) is 12.0. The number of aryl methyl sites for hydroxylation is 1. The summed E-state index contributed by atoms with van der Waals surface area (Å²) in [5, 5.41) is 16.6. The molecule has 42 heavy (non-hydrogen) atoms. The maximum Gasteiger partial charge on any atom is 0.321 e. The predicted octanol–water partition coefficient (Wildman–Crippen LogP) is 5.77. The van der Waals surface area contributed by atoms with Crippen molar-refractivity contribution in [3.63, 3.8) is 0 Å². The summed E-state index contributed by atoms with van der Waals surface area (Å²) in [6.07, 6.45) is -1.47. The van der Waals surface area contributed by atoms with E-state index in [1.165, 1.54) is 17.0 Å². The Morgan fingerprint density at radius 3 is 2.40 bits per heavy atom. The number of hydrogen-bond donors (Lipinski definition) is 2. The maximum atomic E-state index is 14.0. The zero-order chi connectivity index (χ0) is 29.8. The van der Waals surface area contributed by atoms with Crippen LogP contribution in [0.1, 0.15) is 27.0 Å². The van der Waals surface area contributed by atoms with Gasteiger partial charge in [0.15, 0.2) is 5.78 Å². The van der Waals surface area contributed by atoms with Gasteiger partial charge >= 0.3 is 6.03 Å². The third kappa shape index (κ3) is 5.89. The van der Waals surface area contributed by atoms with Crippen molar-refractivity contribution in [2.45, 2.75) is 13.1 Å². The maximum absolute atomic E-state index is 14.0. The first kappa shape index (κ1) is 28.2. The molecule has 0 bridgehead atoms. The molecular weight excluding hydrogens is 558 g/mol. The van der Waals surface area contributed by atoms with Crippen molar-refractivity contribution in [2.75, 3.05) is 16.8 Å². The molecule has 10 nitrogen and oxygen atoms in total. The lowest BCUT2D eigenvalue weighted by Crippen LogP contribution is -2.50. The van der Waals surface area contributed by atoms with E-state index in [1.54, 1.807) is 36.4 Å². The first-order chi connectivity index (χ1) is 20.2. The number of fused-ring (bicyclic) bond motifs is 1. The van der Waals surface area contributed by atoms with Crippen LogP contribution in [0, 0.1) is 17.0 Å². The molecule has 1 aliphatic rings. The fraction of sp³-hybridized carbons (Fsp3) is 0.0968. The van der Waals surface area contributed by atoms with Crippen LogP contribution in [0.3, 0.4) is 0 Å². The van der Waals surface area contributed by atoms with Gasteiger partial charge in [-0.05, 0) is 30.7 Å². The van der Waals surface area contributed by atoms with Crippen LogP contribution >= 0.6 is 11.6 Å². The lowest BCUT2D eigenvalue weighted by atomic mass is 9.99.